The third kappa shape index (κ3) is 4.18. The van der Waals surface area contributed by atoms with E-state index in [1.165, 1.54) is 0 Å². The monoisotopic (exact) mass is 469 g/mol. The fraction of sp³-hybridized carbons (Fsp3) is 0.250. The molecule has 166 valence electrons. The number of halogens is 1. The van der Waals surface area contributed by atoms with Crippen LogP contribution >= 0.6 is 22.9 Å². The predicted octanol–water partition coefficient (Wildman–Crippen LogP) is 6.79. The second kappa shape index (κ2) is 9.22. The van der Waals surface area contributed by atoms with Gasteiger partial charge in [-0.3, -0.25) is 0 Å². The lowest BCUT2D eigenvalue weighted by molar-refractivity contribution is 0.340. The summed E-state index contributed by atoms with van der Waals surface area (Å²) in [6.07, 6.45) is 0. The highest BCUT2D eigenvalue weighted by Crippen LogP contribution is 2.43. The Morgan fingerprint density at radius 2 is 1.72 bits per heavy atom. The molecular weight excluding hydrogens is 446 g/mol. The van der Waals surface area contributed by atoms with Gasteiger partial charge in [-0.15, -0.1) is 11.3 Å². The van der Waals surface area contributed by atoms with E-state index in [2.05, 4.69) is 29.4 Å². The van der Waals surface area contributed by atoms with Gasteiger partial charge in [-0.05, 0) is 38.5 Å². The summed E-state index contributed by atoms with van der Waals surface area (Å²) < 4.78 is 16.5. The Bertz CT molecular complexity index is 1270. The van der Waals surface area contributed by atoms with E-state index in [4.69, 9.17) is 30.8 Å². The first-order valence-corrected chi connectivity index (χ1v) is 11.3. The number of benzene rings is 2. The average Bonchev–Trinajstić information content (AvgIpc) is 3.11. The van der Waals surface area contributed by atoms with Gasteiger partial charge in [0.05, 0.1) is 36.9 Å². The number of ether oxygens (including phenoxy) is 3. The minimum Gasteiger partial charge on any atom is -0.495 e. The highest BCUT2D eigenvalue weighted by atomic mass is 35.5. The Hall–Kier alpha value is -3.03. The average molecular weight is 470 g/mol. The number of hydrogen-bond acceptors (Lipinski definition) is 7. The number of rotatable bonds is 7. The van der Waals surface area contributed by atoms with Gasteiger partial charge >= 0.3 is 0 Å². The summed E-state index contributed by atoms with van der Waals surface area (Å²) in [6.45, 7) is 6.59. The lowest BCUT2D eigenvalue weighted by Gasteiger charge is -2.15. The number of methoxy groups -OCH3 is 2. The molecule has 0 saturated carbocycles. The molecule has 0 radical (unpaired) electrons. The highest BCUT2D eigenvalue weighted by Gasteiger charge is 2.20. The van der Waals surface area contributed by atoms with E-state index >= 15 is 0 Å². The third-order valence-electron chi connectivity index (χ3n) is 5.02. The number of nitrogens with zero attached hydrogens (tertiary/aromatic N) is 2. The maximum Gasteiger partial charge on any atom is 0.144 e. The van der Waals surface area contributed by atoms with Gasteiger partial charge in [-0.1, -0.05) is 23.7 Å². The van der Waals surface area contributed by atoms with Crippen LogP contribution in [0.2, 0.25) is 5.02 Å². The molecule has 0 bridgehead atoms. The molecule has 2 heterocycles. The van der Waals surface area contributed by atoms with Gasteiger partial charge in [-0.2, -0.15) is 0 Å². The molecule has 32 heavy (non-hydrogen) atoms. The van der Waals surface area contributed by atoms with Gasteiger partial charge in [0.15, 0.2) is 0 Å². The van der Waals surface area contributed by atoms with Crippen molar-refractivity contribution in [3.8, 4) is 28.4 Å². The molecule has 2 aromatic heterocycles. The summed E-state index contributed by atoms with van der Waals surface area (Å²) in [4.78, 5) is 11.5. The van der Waals surface area contributed by atoms with E-state index in [0.29, 0.717) is 40.5 Å². The Kier molecular flexibility index (Phi) is 6.39. The van der Waals surface area contributed by atoms with Crippen LogP contribution in [0.5, 0.6) is 17.2 Å². The first-order chi connectivity index (χ1) is 15.4. The Balaban J connectivity index is 1.87. The lowest BCUT2D eigenvalue weighted by atomic mass is 10.0. The second-order valence-corrected chi connectivity index (χ2v) is 8.71. The highest BCUT2D eigenvalue weighted by molar-refractivity contribution is 7.19. The first kappa shape index (κ1) is 22.2. The zero-order valence-corrected chi connectivity index (χ0v) is 20.1. The molecule has 1 N–H and O–H groups in total. The summed E-state index contributed by atoms with van der Waals surface area (Å²) in [6, 6.07) is 11.6. The number of hydrogen-bond donors (Lipinski definition) is 1. The van der Waals surface area contributed by atoms with Crippen LogP contribution in [0, 0.1) is 13.8 Å². The molecule has 0 fully saturated rings. The normalized spacial score (nSPS) is 10.9. The molecule has 0 spiro atoms. The van der Waals surface area contributed by atoms with Gasteiger partial charge in [0, 0.05) is 22.6 Å². The lowest BCUT2D eigenvalue weighted by Crippen LogP contribution is -2.01. The van der Waals surface area contributed by atoms with Crippen LogP contribution in [0.15, 0.2) is 36.4 Å². The van der Waals surface area contributed by atoms with Crippen LogP contribution in [-0.4, -0.2) is 30.8 Å². The number of anilines is 2. The van der Waals surface area contributed by atoms with Crippen molar-refractivity contribution in [1.29, 1.82) is 0 Å². The second-order valence-electron chi connectivity index (χ2n) is 7.10. The summed E-state index contributed by atoms with van der Waals surface area (Å²) in [5.74, 6) is 3.36. The number of nitrogens with one attached hydrogen (secondary N) is 1. The zero-order valence-electron chi connectivity index (χ0n) is 18.6. The molecule has 0 saturated heterocycles. The van der Waals surface area contributed by atoms with Crippen molar-refractivity contribution in [2.45, 2.75) is 20.8 Å². The summed E-state index contributed by atoms with van der Waals surface area (Å²) in [7, 11) is 3.18. The molecule has 6 nitrogen and oxygen atoms in total. The fourth-order valence-corrected chi connectivity index (χ4v) is 4.95. The molecule has 4 rings (SSSR count). The SMILES string of the molecule is CCOc1ccc(-c2c(C)sc3nc(C)nc(Nc4cc(OC)c(Cl)cc4OC)c23)cc1. The van der Waals surface area contributed by atoms with Crippen molar-refractivity contribution in [1.82, 2.24) is 9.97 Å². The smallest absolute Gasteiger partial charge is 0.144 e. The topological polar surface area (TPSA) is 65.5 Å². The van der Waals surface area contributed by atoms with E-state index in [9.17, 15) is 0 Å². The van der Waals surface area contributed by atoms with Crippen molar-refractivity contribution in [2.75, 3.05) is 26.1 Å². The van der Waals surface area contributed by atoms with Crippen molar-refractivity contribution < 1.29 is 14.2 Å². The minimum absolute atomic E-state index is 0.473. The summed E-state index contributed by atoms with van der Waals surface area (Å²) in [5.41, 5.74) is 2.87. The van der Waals surface area contributed by atoms with Crippen LogP contribution in [0.1, 0.15) is 17.6 Å². The van der Waals surface area contributed by atoms with Gasteiger partial charge in [0.2, 0.25) is 0 Å². The number of aryl methyl sites for hydroxylation is 2. The van der Waals surface area contributed by atoms with E-state index < -0.39 is 0 Å². The fourth-order valence-electron chi connectivity index (χ4n) is 3.63. The summed E-state index contributed by atoms with van der Waals surface area (Å²) >= 11 is 7.93. The molecular formula is C24H24ClN3O3S. The first-order valence-electron chi connectivity index (χ1n) is 10.1. The zero-order chi connectivity index (χ0) is 22.8. The Morgan fingerprint density at radius 1 is 1.00 bits per heavy atom. The minimum atomic E-state index is 0.473. The maximum absolute atomic E-state index is 6.28. The number of fused-ring (bicyclic) bond motifs is 1. The van der Waals surface area contributed by atoms with Crippen molar-refractivity contribution >= 4 is 44.7 Å². The van der Waals surface area contributed by atoms with E-state index in [-0.39, 0.29) is 0 Å². The van der Waals surface area contributed by atoms with Crippen LogP contribution in [0.25, 0.3) is 21.3 Å². The van der Waals surface area contributed by atoms with Crippen LogP contribution in [-0.2, 0) is 0 Å². The molecule has 0 aliphatic carbocycles. The van der Waals surface area contributed by atoms with Crippen LogP contribution in [0.4, 0.5) is 11.5 Å². The van der Waals surface area contributed by atoms with Gasteiger partial charge in [0.1, 0.15) is 33.7 Å². The van der Waals surface area contributed by atoms with Gasteiger partial charge in [0.25, 0.3) is 0 Å². The summed E-state index contributed by atoms with van der Waals surface area (Å²) in [5, 5.41) is 4.86. The molecule has 0 atom stereocenters. The largest absolute Gasteiger partial charge is 0.495 e. The van der Waals surface area contributed by atoms with Crippen LogP contribution in [0.3, 0.4) is 0 Å². The Labute approximate surface area is 196 Å². The van der Waals surface area contributed by atoms with E-state index in [1.807, 2.05) is 26.0 Å². The molecule has 8 heteroatoms. The quantitative estimate of drug-likeness (QED) is 0.321. The predicted molar refractivity (Wildman–Crippen MR) is 131 cm³/mol. The molecule has 0 aliphatic heterocycles. The molecule has 0 aliphatic rings. The third-order valence-corrected chi connectivity index (χ3v) is 6.31. The van der Waals surface area contributed by atoms with Crippen LogP contribution < -0.4 is 19.5 Å². The standard InChI is InChI=1S/C24H24ClN3O3S/c1-6-31-16-9-7-15(8-10-16)21-13(2)32-24-22(21)23(26-14(3)27-24)28-18-12-19(29-4)17(25)11-20(18)30-5/h7-12H,6H2,1-5H3,(H,26,27,28). The van der Waals surface area contributed by atoms with E-state index in [0.717, 1.165) is 32.0 Å². The maximum atomic E-state index is 6.28. The van der Waals surface area contributed by atoms with E-state index in [1.54, 1.807) is 37.7 Å². The number of aromatic nitrogens is 2. The molecule has 0 amide bonds. The van der Waals surface area contributed by atoms with Crippen molar-refractivity contribution in [3.05, 3.63) is 52.1 Å². The van der Waals surface area contributed by atoms with Crippen molar-refractivity contribution in [2.24, 2.45) is 0 Å². The van der Waals surface area contributed by atoms with Gasteiger partial charge < -0.3 is 19.5 Å². The van der Waals surface area contributed by atoms with Gasteiger partial charge in [-0.25, -0.2) is 9.97 Å². The molecule has 2 aromatic carbocycles. The van der Waals surface area contributed by atoms with Crippen molar-refractivity contribution in [3.63, 3.8) is 0 Å². The molecule has 4 aromatic rings. The number of thiophene rings is 1. The molecule has 0 unspecified atom stereocenters. The Morgan fingerprint density at radius 3 is 2.38 bits per heavy atom.